The maximum Gasteiger partial charge on any atom is 0.419 e. The molecule has 27 heavy (non-hydrogen) atoms. The molecule has 5 nitrogen and oxygen atoms in total. The first-order valence-electron chi connectivity index (χ1n) is 7.69. The highest BCUT2D eigenvalue weighted by molar-refractivity contribution is 6.34. The molecule has 0 aromatic heterocycles. The molecule has 0 radical (unpaired) electrons. The van der Waals surface area contributed by atoms with Gasteiger partial charge < -0.3 is 15.0 Å². The number of amides is 2. The van der Waals surface area contributed by atoms with Gasteiger partial charge in [0.1, 0.15) is 5.75 Å². The van der Waals surface area contributed by atoms with Crippen molar-refractivity contribution in [3.8, 4) is 5.75 Å². The fourth-order valence-corrected chi connectivity index (χ4v) is 2.37. The molecule has 0 fully saturated rings. The predicted octanol–water partition coefficient (Wildman–Crippen LogP) is 4.08. The third kappa shape index (κ3) is 5.37. The minimum Gasteiger partial charge on any atom is -0.483 e. The third-order valence-electron chi connectivity index (χ3n) is 3.44. The summed E-state index contributed by atoms with van der Waals surface area (Å²) in [7, 11) is 3.10. The second kappa shape index (κ2) is 8.30. The van der Waals surface area contributed by atoms with Crippen molar-refractivity contribution in [2.45, 2.75) is 6.18 Å². The average molecular weight is 401 g/mol. The number of para-hydroxylation sites is 1. The van der Waals surface area contributed by atoms with E-state index >= 15 is 0 Å². The molecule has 0 heterocycles. The maximum atomic E-state index is 12.9. The quantitative estimate of drug-likeness (QED) is 0.822. The lowest BCUT2D eigenvalue weighted by Crippen LogP contribution is -2.23. The van der Waals surface area contributed by atoms with Gasteiger partial charge in [-0.05, 0) is 30.3 Å². The summed E-state index contributed by atoms with van der Waals surface area (Å²) in [4.78, 5) is 25.4. The van der Waals surface area contributed by atoms with Gasteiger partial charge in [-0.3, -0.25) is 9.59 Å². The summed E-state index contributed by atoms with van der Waals surface area (Å²) in [6.07, 6.45) is -4.59. The van der Waals surface area contributed by atoms with E-state index in [1.54, 1.807) is 14.1 Å². The zero-order valence-corrected chi connectivity index (χ0v) is 15.2. The van der Waals surface area contributed by atoms with Gasteiger partial charge in [0.05, 0.1) is 16.1 Å². The minimum absolute atomic E-state index is 0.183. The summed E-state index contributed by atoms with van der Waals surface area (Å²) in [6, 6.07) is 8.89. The number of rotatable bonds is 5. The lowest BCUT2D eigenvalue weighted by atomic mass is 10.1. The van der Waals surface area contributed by atoms with Gasteiger partial charge in [0.15, 0.2) is 6.61 Å². The van der Waals surface area contributed by atoms with Crippen LogP contribution >= 0.6 is 11.6 Å². The first kappa shape index (κ1) is 20.6. The van der Waals surface area contributed by atoms with Crippen LogP contribution in [0.1, 0.15) is 15.9 Å². The molecule has 9 heteroatoms. The molecule has 0 atom stereocenters. The smallest absolute Gasteiger partial charge is 0.419 e. The fraction of sp³-hybridized carbons (Fsp3) is 0.222. The standard InChI is InChI=1S/C18H16ClF3N2O3/c1-24(2)17(26)12-9-11(7-8-14(12)19)23-16(25)10-27-15-6-4-3-5-13(15)18(20,21)22/h3-9H,10H2,1-2H3,(H,23,25). The molecule has 2 aromatic carbocycles. The van der Waals surface area contributed by atoms with Gasteiger partial charge in [0, 0.05) is 19.8 Å². The van der Waals surface area contributed by atoms with Crippen molar-refractivity contribution >= 4 is 29.1 Å². The highest BCUT2D eigenvalue weighted by atomic mass is 35.5. The molecule has 2 amide bonds. The number of carbonyl (C=O) groups excluding carboxylic acids is 2. The number of ether oxygens (including phenoxy) is 1. The Morgan fingerprint density at radius 1 is 1.15 bits per heavy atom. The highest BCUT2D eigenvalue weighted by Crippen LogP contribution is 2.35. The zero-order valence-electron chi connectivity index (χ0n) is 14.4. The Morgan fingerprint density at radius 3 is 2.44 bits per heavy atom. The normalized spacial score (nSPS) is 11.0. The van der Waals surface area contributed by atoms with E-state index in [0.29, 0.717) is 0 Å². The van der Waals surface area contributed by atoms with Crippen molar-refractivity contribution in [1.82, 2.24) is 4.90 Å². The topological polar surface area (TPSA) is 58.6 Å². The molecule has 0 saturated carbocycles. The lowest BCUT2D eigenvalue weighted by Gasteiger charge is -2.15. The molecular formula is C18H16ClF3N2O3. The molecule has 144 valence electrons. The van der Waals surface area contributed by atoms with Crippen LogP contribution in [0.3, 0.4) is 0 Å². The van der Waals surface area contributed by atoms with E-state index in [2.05, 4.69) is 5.32 Å². The molecule has 1 N–H and O–H groups in total. The molecule has 2 rings (SSSR count). The molecule has 0 saturated heterocycles. The Balaban J connectivity index is 2.07. The Bertz CT molecular complexity index is 854. The Labute approximate surface area is 158 Å². The summed E-state index contributed by atoms with van der Waals surface area (Å²) >= 11 is 5.98. The van der Waals surface area contributed by atoms with Crippen LogP contribution in [0.25, 0.3) is 0 Å². The van der Waals surface area contributed by atoms with Gasteiger partial charge in [-0.1, -0.05) is 23.7 Å². The van der Waals surface area contributed by atoms with Crippen LogP contribution in [0, 0.1) is 0 Å². The highest BCUT2D eigenvalue weighted by Gasteiger charge is 2.34. The fourth-order valence-electron chi connectivity index (χ4n) is 2.17. The second-order valence-electron chi connectivity index (χ2n) is 5.72. The molecule has 0 aliphatic carbocycles. The third-order valence-corrected chi connectivity index (χ3v) is 3.77. The first-order valence-corrected chi connectivity index (χ1v) is 8.07. The number of carbonyl (C=O) groups is 2. The van der Waals surface area contributed by atoms with Crippen LogP contribution in [0.2, 0.25) is 5.02 Å². The largest absolute Gasteiger partial charge is 0.483 e. The molecule has 0 aliphatic heterocycles. The molecule has 2 aromatic rings. The van der Waals surface area contributed by atoms with Crippen LogP contribution in [-0.2, 0) is 11.0 Å². The van der Waals surface area contributed by atoms with Crippen molar-refractivity contribution in [1.29, 1.82) is 0 Å². The second-order valence-corrected chi connectivity index (χ2v) is 6.13. The van der Waals surface area contributed by atoms with Crippen LogP contribution in [-0.4, -0.2) is 37.4 Å². The van der Waals surface area contributed by atoms with Crippen molar-refractivity contribution in [2.24, 2.45) is 0 Å². The first-order chi connectivity index (χ1) is 12.6. The van der Waals surface area contributed by atoms with E-state index in [1.807, 2.05) is 0 Å². The predicted molar refractivity (Wildman–Crippen MR) is 95.0 cm³/mol. The van der Waals surface area contributed by atoms with Crippen LogP contribution < -0.4 is 10.1 Å². The van der Waals surface area contributed by atoms with Crippen molar-refractivity contribution < 1.29 is 27.5 Å². The van der Waals surface area contributed by atoms with E-state index in [1.165, 1.54) is 35.2 Å². The van der Waals surface area contributed by atoms with Crippen LogP contribution in [0.5, 0.6) is 5.75 Å². The number of anilines is 1. The summed E-state index contributed by atoms with van der Waals surface area (Å²) in [5.74, 6) is -1.48. The molecule has 0 aliphatic rings. The molecule has 0 spiro atoms. The number of nitrogens with one attached hydrogen (secondary N) is 1. The maximum absolute atomic E-state index is 12.9. The van der Waals surface area contributed by atoms with Gasteiger partial charge in [-0.25, -0.2) is 0 Å². The van der Waals surface area contributed by atoms with Crippen LogP contribution in [0.15, 0.2) is 42.5 Å². The van der Waals surface area contributed by atoms with Gasteiger partial charge in [0.25, 0.3) is 11.8 Å². The van der Waals surface area contributed by atoms with E-state index in [0.717, 1.165) is 12.1 Å². The molecular weight excluding hydrogens is 385 g/mol. The molecule has 0 unspecified atom stereocenters. The van der Waals surface area contributed by atoms with Crippen molar-refractivity contribution in [3.05, 3.63) is 58.6 Å². The summed E-state index contributed by atoms with van der Waals surface area (Å²) in [6.45, 7) is -0.632. The Morgan fingerprint density at radius 2 is 1.81 bits per heavy atom. The Hall–Kier alpha value is -2.74. The number of hydrogen-bond acceptors (Lipinski definition) is 3. The van der Waals surface area contributed by atoms with E-state index in [-0.39, 0.29) is 22.2 Å². The average Bonchev–Trinajstić information content (AvgIpc) is 2.60. The van der Waals surface area contributed by atoms with E-state index in [9.17, 15) is 22.8 Å². The number of alkyl halides is 3. The number of nitrogens with zero attached hydrogens (tertiary/aromatic N) is 1. The SMILES string of the molecule is CN(C)C(=O)c1cc(NC(=O)COc2ccccc2C(F)(F)F)ccc1Cl. The molecule has 0 bridgehead atoms. The lowest BCUT2D eigenvalue weighted by molar-refractivity contribution is -0.139. The van der Waals surface area contributed by atoms with E-state index in [4.69, 9.17) is 16.3 Å². The monoisotopic (exact) mass is 400 g/mol. The van der Waals surface area contributed by atoms with Crippen molar-refractivity contribution in [3.63, 3.8) is 0 Å². The number of halogens is 4. The zero-order chi connectivity index (χ0) is 20.2. The van der Waals surface area contributed by atoms with Gasteiger partial charge >= 0.3 is 6.18 Å². The van der Waals surface area contributed by atoms with Gasteiger partial charge in [-0.15, -0.1) is 0 Å². The Kier molecular flexibility index (Phi) is 6.32. The van der Waals surface area contributed by atoms with Crippen LogP contribution in [0.4, 0.5) is 18.9 Å². The minimum atomic E-state index is -4.59. The number of benzene rings is 2. The van der Waals surface area contributed by atoms with Gasteiger partial charge in [0.2, 0.25) is 0 Å². The van der Waals surface area contributed by atoms with Crippen molar-refractivity contribution in [2.75, 3.05) is 26.0 Å². The summed E-state index contributed by atoms with van der Waals surface area (Å²) in [5, 5.41) is 2.67. The summed E-state index contributed by atoms with van der Waals surface area (Å²) < 4.78 is 43.7. The van der Waals surface area contributed by atoms with E-state index < -0.39 is 30.0 Å². The number of hydrogen-bond donors (Lipinski definition) is 1. The summed E-state index contributed by atoms with van der Waals surface area (Å²) in [5.41, 5.74) is -0.520. The van der Waals surface area contributed by atoms with Gasteiger partial charge in [-0.2, -0.15) is 13.2 Å².